The van der Waals surface area contributed by atoms with Crippen molar-refractivity contribution in [3.05, 3.63) is 59.5 Å². The number of halogens is 3. The van der Waals surface area contributed by atoms with E-state index in [4.69, 9.17) is 11.6 Å². The van der Waals surface area contributed by atoms with Gasteiger partial charge in [-0.05, 0) is 29.5 Å². The van der Waals surface area contributed by atoms with Crippen molar-refractivity contribution in [2.45, 2.75) is 0 Å². The van der Waals surface area contributed by atoms with Crippen LogP contribution in [0, 0.1) is 5.82 Å². The van der Waals surface area contributed by atoms with E-state index in [0.29, 0.717) is 22.0 Å². The number of anilines is 4. The topological polar surface area (TPSA) is 125 Å². The van der Waals surface area contributed by atoms with Crippen LogP contribution in [-0.2, 0) is 0 Å². The standard InChI is InChI=1S/C17H12ClFN8O.ClH/c18-11-3-1-2-4-13(11)22-16-12(19)8-20-17(23-16)21-9-5-6-10(14(28)7-9)15-24-26-27-25-15;/h1-8,28H,(H2,20,21,22,23)(H,24,25,26,27);1H. The average molecular weight is 435 g/mol. The van der Waals surface area contributed by atoms with E-state index in [0.717, 1.165) is 6.20 Å². The number of rotatable bonds is 5. The maximum absolute atomic E-state index is 14.1. The normalized spacial score (nSPS) is 10.3. The molecule has 0 unspecified atom stereocenters. The van der Waals surface area contributed by atoms with Gasteiger partial charge in [-0.1, -0.05) is 23.7 Å². The van der Waals surface area contributed by atoms with Gasteiger partial charge in [-0.2, -0.15) is 10.2 Å². The number of nitrogens with one attached hydrogen (secondary N) is 3. The SMILES string of the molecule is Cl.Oc1cc(Nc2ncc(F)c(Nc3ccccc3Cl)n2)ccc1-c1nn[nH]n1. The van der Waals surface area contributed by atoms with Crippen molar-refractivity contribution in [3.63, 3.8) is 0 Å². The molecule has 0 amide bonds. The van der Waals surface area contributed by atoms with Gasteiger partial charge in [0.05, 0.1) is 22.5 Å². The molecule has 4 aromatic rings. The van der Waals surface area contributed by atoms with E-state index in [2.05, 4.69) is 41.2 Å². The summed E-state index contributed by atoms with van der Waals surface area (Å²) in [5.41, 5.74) is 1.40. The molecule has 2 aromatic heterocycles. The maximum Gasteiger partial charge on any atom is 0.229 e. The molecule has 4 rings (SSSR count). The molecular formula is C17H13Cl2FN8O. The third kappa shape index (κ3) is 4.50. The van der Waals surface area contributed by atoms with E-state index in [1.165, 1.54) is 6.07 Å². The zero-order chi connectivity index (χ0) is 19.5. The van der Waals surface area contributed by atoms with Gasteiger partial charge in [0, 0.05) is 11.8 Å². The maximum atomic E-state index is 14.1. The average Bonchev–Trinajstić information content (AvgIpc) is 3.21. The molecule has 4 N–H and O–H groups in total. The summed E-state index contributed by atoms with van der Waals surface area (Å²) in [7, 11) is 0. The zero-order valence-electron chi connectivity index (χ0n) is 14.5. The van der Waals surface area contributed by atoms with Gasteiger partial charge in [0.25, 0.3) is 0 Å². The van der Waals surface area contributed by atoms with Gasteiger partial charge in [0.15, 0.2) is 11.6 Å². The number of tetrazole rings is 1. The Kier molecular flexibility index (Phi) is 6.05. The number of hydrogen-bond donors (Lipinski definition) is 4. The molecule has 0 bridgehead atoms. The van der Waals surface area contributed by atoms with Gasteiger partial charge >= 0.3 is 0 Å². The lowest BCUT2D eigenvalue weighted by Crippen LogP contribution is -2.03. The van der Waals surface area contributed by atoms with Crippen molar-refractivity contribution < 1.29 is 9.50 Å². The van der Waals surface area contributed by atoms with Crippen molar-refractivity contribution in [2.75, 3.05) is 10.6 Å². The Morgan fingerprint density at radius 1 is 1.10 bits per heavy atom. The molecule has 0 saturated heterocycles. The Morgan fingerprint density at radius 3 is 2.66 bits per heavy atom. The molecular weight excluding hydrogens is 422 g/mol. The van der Waals surface area contributed by atoms with Gasteiger partial charge in [-0.3, -0.25) is 0 Å². The number of aromatic amines is 1. The van der Waals surface area contributed by atoms with Gasteiger partial charge in [0.1, 0.15) is 5.75 Å². The number of H-pyrrole nitrogens is 1. The third-order valence-electron chi connectivity index (χ3n) is 3.71. The van der Waals surface area contributed by atoms with Crippen LogP contribution in [0.25, 0.3) is 11.4 Å². The summed E-state index contributed by atoms with van der Waals surface area (Å²) in [5, 5.41) is 29.7. The monoisotopic (exact) mass is 434 g/mol. The molecule has 0 aliphatic rings. The molecule has 29 heavy (non-hydrogen) atoms. The summed E-state index contributed by atoms with van der Waals surface area (Å²) in [6.07, 6.45) is 1.03. The minimum absolute atomic E-state index is 0. The number of para-hydroxylation sites is 1. The van der Waals surface area contributed by atoms with E-state index < -0.39 is 5.82 Å². The first-order chi connectivity index (χ1) is 13.6. The lowest BCUT2D eigenvalue weighted by molar-refractivity contribution is 0.477. The molecule has 0 saturated carbocycles. The van der Waals surface area contributed by atoms with Crippen molar-refractivity contribution in [1.82, 2.24) is 30.6 Å². The summed E-state index contributed by atoms with van der Waals surface area (Å²) >= 11 is 6.08. The summed E-state index contributed by atoms with van der Waals surface area (Å²) in [6.45, 7) is 0. The predicted molar refractivity (Wildman–Crippen MR) is 109 cm³/mol. The largest absolute Gasteiger partial charge is 0.507 e. The molecule has 0 radical (unpaired) electrons. The molecule has 0 aliphatic heterocycles. The number of hydrogen-bond acceptors (Lipinski definition) is 8. The number of benzene rings is 2. The van der Waals surface area contributed by atoms with E-state index >= 15 is 0 Å². The van der Waals surface area contributed by atoms with Crippen LogP contribution in [0.1, 0.15) is 0 Å². The highest BCUT2D eigenvalue weighted by Crippen LogP contribution is 2.30. The second-order valence-corrected chi connectivity index (χ2v) is 5.99. The molecule has 0 spiro atoms. The lowest BCUT2D eigenvalue weighted by Gasteiger charge is -2.11. The van der Waals surface area contributed by atoms with E-state index in [1.807, 2.05) is 0 Å². The van der Waals surface area contributed by atoms with Crippen LogP contribution in [0.15, 0.2) is 48.7 Å². The second kappa shape index (κ2) is 8.67. The minimum atomic E-state index is -0.638. The number of aromatic nitrogens is 6. The van der Waals surface area contributed by atoms with Crippen LogP contribution >= 0.6 is 24.0 Å². The number of phenolic OH excluding ortho intramolecular Hbond substituents is 1. The Labute approximate surface area is 174 Å². The Bertz CT molecular complexity index is 1130. The highest BCUT2D eigenvalue weighted by Gasteiger charge is 2.12. The fraction of sp³-hybridized carbons (Fsp3) is 0. The molecule has 9 nitrogen and oxygen atoms in total. The van der Waals surface area contributed by atoms with Crippen molar-refractivity contribution in [2.24, 2.45) is 0 Å². The van der Waals surface area contributed by atoms with E-state index in [1.54, 1.807) is 36.4 Å². The van der Waals surface area contributed by atoms with Gasteiger partial charge in [-0.25, -0.2) is 9.37 Å². The van der Waals surface area contributed by atoms with Crippen molar-refractivity contribution in [1.29, 1.82) is 0 Å². The van der Waals surface area contributed by atoms with E-state index in [9.17, 15) is 9.50 Å². The quantitative estimate of drug-likeness (QED) is 0.370. The van der Waals surface area contributed by atoms with Crippen molar-refractivity contribution >= 4 is 47.1 Å². The molecule has 0 fully saturated rings. The zero-order valence-corrected chi connectivity index (χ0v) is 16.0. The van der Waals surface area contributed by atoms with Crippen LogP contribution < -0.4 is 10.6 Å². The third-order valence-corrected chi connectivity index (χ3v) is 4.04. The predicted octanol–water partition coefficient (Wildman–Crippen LogP) is 4.06. The van der Waals surface area contributed by atoms with E-state index in [-0.39, 0.29) is 35.7 Å². The Balaban J connectivity index is 0.00000240. The van der Waals surface area contributed by atoms with Crippen LogP contribution in [0.4, 0.5) is 27.5 Å². The number of nitrogens with zero attached hydrogens (tertiary/aromatic N) is 5. The highest BCUT2D eigenvalue weighted by molar-refractivity contribution is 6.33. The summed E-state index contributed by atoms with van der Waals surface area (Å²) in [6, 6.07) is 11.6. The fourth-order valence-electron chi connectivity index (χ4n) is 2.41. The van der Waals surface area contributed by atoms with Gasteiger partial charge in [0.2, 0.25) is 11.8 Å². The lowest BCUT2D eigenvalue weighted by atomic mass is 10.1. The molecule has 148 valence electrons. The minimum Gasteiger partial charge on any atom is -0.507 e. The molecule has 2 heterocycles. The van der Waals surface area contributed by atoms with Crippen LogP contribution in [0.5, 0.6) is 5.75 Å². The second-order valence-electron chi connectivity index (χ2n) is 5.59. The molecule has 2 aromatic carbocycles. The number of phenols is 1. The first-order valence-corrected chi connectivity index (χ1v) is 8.36. The van der Waals surface area contributed by atoms with Crippen molar-refractivity contribution in [3.8, 4) is 17.1 Å². The first-order valence-electron chi connectivity index (χ1n) is 7.98. The van der Waals surface area contributed by atoms with Gasteiger partial charge in [-0.15, -0.1) is 22.6 Å². The van der Waals surface area contributed by atoms with Gasteiger partial charge < -0.3 is 15.7 Å². The molecule has 12 heteroatoms. The first kappa shape index (κ1) is 20.2. The summed E-state index contributed by atoms with van der Waals surface area (Å²) in [5.74, 6) is -0.363. The Morgan fingerprint density at radius 2 is 1.93 bits per heavy atom. The summed E-state index contributed by atoms with van der Waals surface area (Å²) in [4.78, 5) is 8.03. The Hall–Kier alpha value is -3.50. The van der Waals surface area contributed by atoms with Crippen LogP contribution in [0.3, 0.4) is 0 Å². The number of aromatic hydroxyl groups is 1. The summed E-state index contributed by atoms with van der Waals surface area (Å²) < 4.78 is 14.1. The fourth-order valence-corrected chi connectivity index (χ4v) is 2.59. The van der Waals surface area contributed by atoms with Crippen LogP contribution in [-0.4, -0.2) is 35.7 Å². The highest BCUT2D eigenvalue weighted by atomic mass is 35.5. The smallest absolute Gasteiger partial charge is 0.229 e. The molecule has 0 atom stereocenters. The molecule has 0 aliphatic carbocycles. The van der Waals surface area contributed by atoms with Crippen LogP contribution in [0.2, 0.25) is 5.02 Å².